The Morgan fingerprint density at radius 1 is 0.786 bits per heavy atom. The van der Waals surface area contributed by atoms with E-state index in [2.05, 4.69) is 0 Å². The van der Waals surface area contributed by atoms with Crippen LogP contribution in [0.2, 0.25) is 0 Å². The van der Waals surface area contributed by atoms with Crippen molar-refractivity contribution in [2.24, 2.45) is 0 Å². The second-order valence-electron chi connectivity index (χ2n) is 5.30. The minimum absolute atomic E-state index is 0.149. The molecule has 0 aromatic rings. The first-order valence-electron chi connectivity index (χ1n) is 10.3. The zero-order chi connectivity index (χ0) is 22.1. The molecule has 0 aromatic heterocycles. The van der Waals surface area contributed by atoms with Gasteiger partial charge in [-0.25, -0.2) is 0 Å². The molecule has 0 radical (unpaired) electrons. The molecule has 0 aromatic carbocycles. The van der Waals surface area contributed by atoms with Crippen molar-refractivity contribution >= 4 is 17.9 Å². The molecule has 2 aliphatic rings. The van der Waals surface area contributed by atoms with E-state index >= 15 is 0 Å². The Labute approximate surface area is 168 Å². The summed E-state index contributed by atoms with van der Waals surface area (Å²) in [5.74, 6) is -1.97. The highest BCUT2D eigenvalue weighted by molar-refractivity contribution is 5.76. The van der Waals surface area contributed by atoms with Gasteiger partial charge in [0, 0.05) is 6.42 Å². The fraction of sp³-hybridized carbons (Fsp3) is 0.850. The molecule has 0 unspecified atom stereocenters. The van der Waals surface area contributed by atoms with E-state index in [1.54, 1.807) is 0 Å². The van der Waals surface area contributed by atoms with E-state index in [-0.39, 0.29) is 32.0 Å². The van der Waals surface area contributed by atoms with Gasteiger partial charge in [0.05, 0.1) is 26.1 Å². The van der Waals surface area contributed by atoms with Gasteiger partial charge in [-0.3, -0.25) is 14.4 Å². The first-order valence-corrected chi connectivity index (χ1v) is 10.3. The van der Waals surface area contributed by atoms with Crippen molar-refractivity contribution in [1.82, 2.24) is 0 Å². The summed E-state index contributed by atoms with van der Waals surface area (Å²) in [4.78, 5) is 33.5. The van der Waals surface area contributed by atoms with Gasteiger partial charge in [-0.05, 0) is 6.42 Å². The monoisotopic (exact) mass is 406 g/mol. The van der Waals surface area contributed by atoms with Crippen LogP contribution in [0.1, 0.15) is 74.1 Å². The molecule has 2 saturated heterocycles. The van der Waals surface area contributed by atoms with Crippen LogP contribution in [-0.4, -0.2) is 60.6 Å². The number of carbonyl (C=O) groups excluding carboxylic acids is 2. The Morgan fingerprint density at radius 3 is 1.54 bits per heavy atom. The Kier molecular flexibility index (Phi) is 17.8. The number of aliphatic carboxylic acids is 1. The summed E-state index contributed by atoms with van der Waals surface area (Å²) in [7, 11) is 0. The third kappa shape index (κ3) is 10.0. The fourth-order valence-electron chi connectivity index (χ4n) is 2.50. The third-order valence-corrected chi connectivity index (χ3v) is 3.53. The highest BCUT2D eigenvalue weighted by Gasteiger charge is 2.51. The zero-order valence-electron chi connectivity index (χ0n) is 18.4. The summed E-state index contributed by atoms with van der Waals surface area (Å²) < 4.78 is 21.5. The molecule has 0 aliphatic carbocycles. The molecule has 28 heavy (non-hydrogen) atoms. The zero-order valence-corrected chi connectivity index (χ0v) is 18.4. The number of carboxylic acid groups (broad SMARTS) is 1. The van der Waals surface area contributed by atoms with Crippen LogP contribution in [0.4, 0.5) is 0 Å². The molecule has 2 heterocycles. The van der Waals surface area contributed by atoms with Gasteiger partial charge in [-0.1, -0.05) is 48.5 Å². The predicted molar refractivity (Wildman–Crippen MR) is 105 cm³/mol. The van der Waals surface area contributed by atoms with Gasteiger partial charge in [0.15, 0.2) is 12.2 Å². The summed E-state index contributed by atoms with van der Waals surface area (Å²) in [5.41, 5.74) is 0. The quantitative estimate of drug-likeness (QED) is 0.641. The molecule has 0 bridgehead atoms. The van der Waals surface area contributed by atoms with Crippen molar-refractivity contribution in [2.75, 3.05) is 13.2 Å². The van der Waals surface area contributed by atoms with Crippen LogP contribution < -0.4 is 0 Å². The maximum Gasteiger partial charge on any atom is 0.306 e. The Balaban J connectivity index is 0. The summed E-state index contributed by atoms with van der Waals surface area (Å²) in [6, 6.07) is 0. The van der Waals surface area contributed by atoms with E-state index in [1.807, 2.05) is 48.5 Å². The van der Waals surface area contributed by atoms with Gasteiger partial charge in [0.2, 0.25) is 0 Å². The Hall–Kier alpha value is -1.67. The van der Waals surface area contributed by atoms with Gasteiger partial charge in [0.1, 0.15) is 12.2 Å². The lowest BCUT2D eigenvalue weighted by atomic mass is 10.1. The number of hydrogen-bond acceptors (Lipinski definition) is 7. The highest BCUT2D eigenvalue weighted by atomic mass is 16.7. The number of hydrogen-bond donors (Lipinski definition) is 1. The summed E-state index contributed by atoms with van der Waals surface area (Å²) in [6.45, 7) is 14.2. The summed E-state index contributed by atoms with van der Waals surface area (Å²) in [6.07, 6.45) is -1.46. The van der Waals surface area contributed by atoms with Crippen molar-refractivity contribution in [3.05, 3.63) is 0 Å². The van der Waals surface area contributed by atoms with Crippen LogP contribution in [0.5, 0.6) is 0 Å². The fourth-order valence-corrected chi connectivity index (χ4v) is 2.50. The molecule has 2 rings (SSSR count). The molecule has 0 amide bonds. The van der Waals surface area contributed by atoms with Crippen LogP contribution in [-0.2, 0) is 33.3 Å². The number of carboxylic acids is 1. The average molecular weight is 407 g/mol. The molecular weight excluding hydrogens is 368 g/mol. The smallest absolute Gasteiger partial charge is 0.306 e. The number of esters is 2. The van der Waals surface area contributed by atoms with Crippen LogP contribution >= 0.6 is 0 Å². The van der Waals surface area contributed by atoms with E-state index in [9.17, 15) is 14.4 Å². The summed E-state index contributed by atoms with van der Waals surface area (Å²) >= 11 is 0. The van der Waals surface area contributed by atoms with Crippen LogP contribution in [0.25, 0.3) is 0 Å². The lowest BCUT2D eigenvalue weighted by molar-refractivity contribution is -0.157. The SMILES string of the molecule is CC.CC.CC.CCCC(=O)O[C@H]1CO[C@H]2[C@@H]1OC[C@@H]2OC(=O)CCC(=O)O. The average Bonchev–Trinajstić information content (AvgIpc) is 3.29. The standard InChI is InChI=1S/C14H20O8.3C2H6/c1-2-3-11(17)21-8-6-19-14-9(7-20-13(8)14)22-12(18)5-4-10(15)16;3*1-2/h8-9,13-14H,2-7H2,1H3,(H,15,16);3*1-2H3/t8-,9-,13+,14+;;;/m0.../s1. The van der Waals surface area contributed by atoms with Crippen LogP contribution in [0, 0.1) is 0 Å². The van der Waals surface area contributed by atoms with E-state index in [4.69, 9.17) is 24.1 Å². The van der Waals surface area contributed by atoms with E-state index in [0.29, 0.717) is 12.8 Å². The molecule has 1 N–H and O–H groups in total. The van der Waals surface area contributed by atoms with E-state index < -0.39 is 36.4 Å². The minimum atomic E-state index is -1.06. The molecule has 166 valence electrons. The number of fused-ring (bicyclic) bond motifs is 1. The number of carbonyl (C=O) groups is 3. The van der Waals surface area contributed by atoms with Gasteiger partial charge >= 0.3 is 17.9 Å². The van der Waals surface area contributed by atoms with Gasteiger partial charge in [-0.15, -0.1) is 0 Å². The van der Waals surface area contributed by atoms with Gasteiger partial charge < -0.3 is 24.1 Å². The van der Waals surface area contributed by atoms with Crippen LogP contribution in [0.3, 0.4) is 0 Å². The topological polar surface area (TPSA) is 108 Å². The maximum absolute atomic E-state index is 11.6. The van der Waals surface area contributed by atoms with E-state index in [1.165, 1.54) is 0 Å². The molecule has 8 heteroatoms. The van der Waals surface area contributed by atoms with Crippen molar-refractivity contribution in [3.8, 4) is 0 Å². The second kappa shape index (κ2) is 17.4. The lowest BCUT2D eigenvalue weighted by Gasteiger charge is -2.17. The lowest BCUT2D eigenvalue weighted by Crippen LogP contribution is -2.36. The molecule has 2 aliphatic heterocycles. The predicted octanol–water partition coefficient (Wildman–Crippen LogP) is 3.35. The van der Waals surface area contributed by atoms with Gasteiger partial charge in [0.25, 0.3) is 0 Å². The van der Waals surface area contributed by atoms with Crippen molar-refractivity contribution in [1.29, 1.82) is 0 Å². The molecular formula is C20H38O8. The molecule has 4 atom stereocenters. The van der Waals surface area contributed by atoms with Crippen molar-refractivity contribution in [3.63, 3.8) is 0 Å². The van der Waals surface area contributed by atoms with E-state index in [0.717, 1.165) is 0 Å². The molecule has 0 saturated carbocycles. The second-order valence-corrected chi connectivity index (χ2v) is 5.30. The summed E-state index contributed by atoms with van der Waals surface area (Å²) in [5, 5.41) is 8.53. The first kappa shape index (κ1) is 28.5. The highest BCUT2D eigenvalue weighted by Crippen LogP contribution is 2.31. The molecule has 8 nitrogen and oxygen atoms in total. The normalized spacial score (nSPS) is 24.1. The molecule has 2 fully saturated rings. The minimum Gasteiger partial charge on any atom is -0.481 e. The maximum atomic E-state index is 11.6. The largest absolute Gasteiger partial charge is 0.481 e. The number of ether oxygens (including phenoxy) is 4. The Bertz CT molecular complexity index is 438. The van der Waals surface area contributed by atoms with Crippen molar-refractivity contribution < 1.29 is 38.4 Å². The van der Waals surface area contributed by atoms with Crippen molar-refractivity contribution in [2.45, 2.75) is 98.6 Å². The first-order chi connectivity index (χ1) is 13.5. The van der Waals surface area contributed by atoms with Crippen LogP contribution in [0.15, 0.2) is 0 Å². The third-order valence-electron chi connectivity index (χ3n) is 3.53. The van der Waals surface area contributed by atoms with Gasteiger partial charge in [-0.2, -0.15) is 0 Å². The molecule has 0 spiro atoms. The number of rotatable bonds is 7. The Morgan fingerprint density at radius 2 is 1.18 bits per heavy atom.